The fourth-order valence-electron chi connectivity index (χ4n) is 2.37. The summed E-state index contributed by atoms with van der Waals surface area (Å²) in [6.07, 6.45) is 2.57. The van der Waals surface area contributed by atoms with Crippen LogP contribution in [0.5, 0.6) is 0 Å². The van der Waals surface area contributed by atoms with Crippen LogP contribution in [0.25, 0.3) is 0 Å². The Bertz CT molecular complexity index is 340. The van der Waals surface area contributed by atoms with Crippen molar-refractivity contribution in [1.82, 2.24) is 5.32 Å². The van der Waals surface area contributed by atoms with Gasteiger partial charge in [0.2, 0.25) is 0 Å². The summed E-state index contributed by atoms with van der Waals surface area (Å²) in [5.74, 6) is 0. The Kier molecular flexibility index (Phi) is 3.49. The van der Waals surface area contributed by atoms with Crippen molar-refractivity contribution in [1.29, 1.82) is 0 Å². The van der Waals surface area contributed by atoms with E-state index in [2.05, 4.69) is 55.4 Å². The predicted molar refractivity (Wildman–Crippen MR) is 70.1 cm³/mol. The molecule has 1 aliphatic heterocycles. The highest BCUT2D eigenvalue weighted by Gasteiger charge is 2.21. The SMILES string of the molecule is Cc1cccc(N(C)C2CCC(C)NC2)c1. The number of likely N-dealkylation sites (N-methyl/N-ethyl adjacent to an activating group) is 1. The number of rotatable bonds is 2. The van der Waals surface area contributed by atoms with Gasteiger partial charge in [0.25, 0.3) is 0 Å². The van der Waals surface area contributed by atoms with E-state index in [1.165, 1.54) is 24.1 Å². The average molecular weight is 218 g/mol. The molecule has 2 unspecified atom stereocenters. The highest BCUT2D eigenvalue weighted by Crippen LogP contribution is 2.21. The normalized spacial score (nSPS) is 25.4. The Morgan fingerprint density at radius 2 is 2.12 bits per heavy atom. The van der Waals surface area contributed by atoms with Gasteiger partial charge in [-0.05, 0) is 44.4 Å². The summed E-state index contributed by atoms with van der Waals surface area (Å²) in [7, 11) is 2.21. The Morgan fingerprint density at radius 1 is 1.31 bits per heavy atom. The molecule has 0 spiro atoms. The van der Waals surface area contributed by atoms with Crippen LogP contribution in [-0.4, -0.2) is 25.7 Å². The number of nitrogens with zero attached hydrogens (tertiary/aromatic N) is 1. The largest absolute Gasteiger partial charge is 0.370 e. The molecule has 2 atom stereocenters. The van der Waals surface area contributed by atoms with E-state index in [-0.39, 0.29) is 0 Å². The van der Waals surface area contributed by atoms with E-state index in [0.717, 1.165) is 6.54 Å². The van der Waals surface area contributed by atoms with Crippen LogP contribution in [0.4, 0.5) is 5.69 Å². The number of aryl methyl sites for hydroxylation is 1. The summed E-state index contributed by atoms with van der Waals surface area (Å²) >= 11 is 0. The maximum absolute atomic E-state index is 3.56. The third-order valence-corrected chi connectivity index (χ3v) is 3.59. The molecule has 2 heteroatoms. The predicted octanol–water partition coefficient (Wildman–Crippen LogP) is 2.57. The molecule has 0 radical (unpaired) electrons. The Balaban J connectivity index is 2.04. The summed E-state index contributed by atoms with van der Waals surface area (Å²) in [5.41, 5.74) is 2.67. The van der Waals surface area contributed by atoms with Gasteiger partial charge in [-0.1, -0.05) is 12.1 Å². The van der Waals surface area contributed by atoms with Crippen LogP contribution in [0.1, 0.15) is 25.3 Å². The number of piperidine rings is 1. The van der Waals surface area contributed by atoms with E-state index in [4.69, 9.17) is 0 Å². The van der Waals surface area contributed by atoms with E-state index >= 15 is 0 Å². The fourth-order valence-corrected chi connectivity index (χ4v) is 2.37. The van der Waals surface area contributed by atoms with Gasteiger partial charge in [-0.25, -0.2) is 0 Å². The summed E-state index contributed by atoms with van der Waals surface area (Å²) < 4.78 is 0. The molecule has 0 saturated carbocycles. The lowest BCUT2D eigenvalue weighted by atomic mass is 10.0. The van der Waals surface area contributed by atoms with Crippen molar-refractivity contribution in [3.8, 4) is 0 Å². The molecule has 1 aliphatic rings. The van der Waals surface area contributed by atoms with E-state index in [1.54, 1.807) is 0 Å². The number of nitrogens with one attached hydrogen (secondary N) is 1. The first-order chi connectivity index (χ1) is 7.66. The zero-order chi connectivity index (χ0) is 11.5. The van der Waals surface area contributed by atoms with Crippen LogP contribution in [0.3, 0.4) is 0 Å². The van der Waals surface area contributed by atoms with Crippen molar-refractivity contribution in [2.75, 3.05) is 18.5 Å². The minimum Gasteiger partial charge on any atom is -0.370 e. The van der Waals surface area contributed by atoms with Gasteiger partial charge in [0, 0.05) is 31.4 Å². The Morgan fingerprint density at radius 3 is 2.75 bits per heavy atom. The average Bonchev–Trinajstić information content (AvgIpc) is 2.29. The molecule has 0 aliphatic carbocycles. The maximum atomic E-state index is 3.56. The summed E-state index contributed by atoms with van der Waals surface area (Å²) in [6.45, 7) is 5.52. The first-order valence-corrected chi connectivity index (χ1v) is 6.19. The van der Waals surface area contributed by atoms with Gasteiger partial charge in [0.1, 0.15) is 0 Å². The summed E-state index contributed by atoms with van der Waals surface area (Å²) in [6, 6.07) is 10.1. The summed E-state index contributed by atoms with van der Waals surface area (Å²) in [5, 5.41) is 3.56. The highest BCUT2D eigenvalue weighted by atomic mass is 15.2. The lowest BCUT2D eigenvalue weighted by Gasteiger charge is -2.35. The van der Waals surface area contributed by atoms with Gasteiger partial charge < -0.3 is 10.2 Å². The molecule has 88 valence electrons. The second-order valence-corrected chi connectivity index (χ2v) is 4.99. The van der Waals surface area contributed by atoms with E-state index in [0.29, 0.717) is 12.1 Å². The lowest BCUT2D eigenvalue weighted by Crippen LogP contribution is -2.47. The van der Waals surface area contributed by atoms with Gasteiger partial charge in [0.15, 0.2) is 0 Å². The van der Waals surface area contributed by atoms with Gasteiger partial charge >= 0.3 is 0 Å². The molecule has 0 bridgehead atoms. The number of hydrogen-bond donors (Lipinski definition) is 1. The molecule has 2 nitrogen and oxygen atoms in total. The Labute approximate surface area is 98.7 Å². The monoisotopic (exact) mass is 218 g/mol. The zero-order valence-corrected chi connectivity index (χ0v) is 10.5. The second-order valence-electron chi connectivity index (χ2n) is 4.99. The molecular formula is C14H22N2. The van der Waals surface area contributed by atoms with Crippen molar-refractivity contribution >= 4 is 5.69 Å². The van der Waals surface area contributed by atoms with Crippen molar-refractivity contribution in [2.45, 2.75) is 38.8 Å². The molecule has 0 aromatic heterocycles. The van der Waals surface area contributed by atoms with E-state index < -0.39 is 0 Å². The van der Waals surface area contributed by atoms with Gasteiger partial charge in [-0.3, -0.25) is 0 Å². The quantitative estimate of drug-likeness (QED) is 0.820. The molecule has 1 N–H and O–H groups in total. The Hall–Kier alpha value is -1.02. The summed E-state index contributed by atoms with van der Waals surface area (Å²) in [4.78, 5) is 2.41. The third kappa shape index (κ3) is 2.56. The molecule has 1 aromatic carbocycles. The molecule has 1 aromatic rings. The van der Waals surface area contributed by atoms with Crippen LogP contribution in [0, 0.1) is 6.92 Å². The second kappa shape index (κ2) is 4.88. The number of hydrogen-bond acceptors (Lipinski definition) is 2. The topological polar surface area (TPSA) is 15.3 Å². The van der Waals surface area contributed by atoms with Crippen LogP contribution in [0.15, 0.2) is 24.3 Å². The zero-order valence-electron chi connectivity index (χ0n) is 10.5. The van der Waals surface area contributed by atoms with Gasteiger partial charge in [-0.2, -0.15) is 0 Å². The molecular weight excluding hydrogens is 196 g/mol. The first kappa shape index (κ1) is 11.5. The minimum absolute atomic E-state index is 0.637. The maximum Gasteiger partial charge on any atom is 0.0411 e. The van der Waals surface area contributed by atoms with E-state index in [1.807, 2.05) is 0 Å². The fraction of sp³-hybridized carbons (Fsp3) is 0.571. The van der Waals surface area contributed by atoms with Crippen LogP contribution < -0.4 is 10.2 Å². The molecule has 0 amide bonds. The first-order valence-electron chi connectivity index (χ1n) is 6.19. The molecule has 16 heavy (non-hydrogen) atoms. The molecule has 1 heterocycles. The third-order valence-electron chi connectivity index (χ3n) is 3.59. The minimum atomic E-state index is 0.637. The van der Waals surface area contributed by atoms with Crippen molar-refractivity contribution in [3.63, 3.8) is 0 Å². The van der Waals surface area contributed by atoms with Gasteiger partial charge in [-0.15, -0.1) is 0 Å². The van der Waals surface area contributed by atoms with Crippen LogP contribution in [0.2, 0.25) is 0 Å². The van der Waals surface area contributed by atoms with Crippen molar-refractivity contribution in [2.24, 2.45) is 0 Å². The molecule has 1 fully saturated rings. The number of anilines is 1. The van der Waals surface area contributed by atoms with Gasteiger partial charge in [0.05, 0.1) is 0 Å². The van der Waals surface area contributed by atoms with Crippen molar-refractivity contribution < 1.29 is 0 Å². The lowest BCUT2D eigenvalue weighted by molar-refractivity contribution is 0.376. The van der Waals surface area contributed by atoms with Crippen molar-refractivity contribution in [3.05, 3.63) is 29.8 Å². The van der Waals surface area contributed by atoms with Crippen LogP contribution in [-0.2, 0) is 0 Å². The smallest absolute Gasteiger partial charge is 0.0411 e. The molecule has 1 saturated heterocycles. The standard InChI is InChI=1S/C14H22N2/c1-11-5-4-6-13(9-11)16(3)14-8-7-12(2)15-10-14/h4-6,9,12,14-15H,7-8,10H2,1-3H3. The highest BCUT2D eigenvalue weighted by molar-refractivity contribution is 5.48. The van der Waals surface area contributed by atoms with Crippen LogP contribution >= 0.6 is 0 Å². The molecule has 2 rings (SSSR count). The number of benzene rings is 1. The van der Waals surface area contributed by atoms with E-state index in [9.17, 15) is 0 Å².